The number of carboxylic acid groups (broad SMARTS) is 1. The second kappa shape index (κ2) is 14.8. The third-order valence-corrected chi connectivity index (χ3v) is 7.85. The molecule has 1 heterocycles. The number of amides is 1. The first-order chi connectivity index (χ1) is 20.6. The zero-order chi connectivity index (χ0) is 30.9. The minimum atomic E-state index is -2.32. The van der Waals surface area contributed by atoms with Crippen molar-refractivity contribution in [3.63, 3.8) is 0 Å². The first-order valence-corrected chi connectivity index (χ1v) is 14.7. The van der Waals surface area contributed by atoms with Crippen molar-refractivity contribution in [1.82, 2.24) is 14.7 Å². The molecule has 1 aliphatic heterocycles. The van der Waals surface area contributed by atoms with E-state index in [4.69, 9.17) is 9.84 Å². The Morgan fingerprint density at radius 3 is 2.26 bits per heavy atom. The van der Waals surface area contributed by atoms with Crippen LogP contribution in [0.15, 0.2) is 66.7 Å². The lowest BCUT2D eigenvalue weighted by Crippen LogP contribution is -2.57. The number of hydrogen-bond acceptors (Lipinski definition) is 6. The number of carbonyl (C=O) groups excluding carboxylic acids is 1. The normalized spacial score (nSPS) is 14.9. The van der Waals surface area contributed by atoms with E-state index < -0.39 is 23.3 Å². The zero-order valence-electron chi connectivity index (χ0n) is 23.8. The number of benzene rings is 3. The highest BCUT2D eigenvalue weighted by atomic mass is 32.2. The molecule has 1 amide bonds. The van der Waals surface area contributed by atoms with Gasteiger partial charge in [0.1, 0.15) is 11.6 Å². The summed E-state index contributed by atoms with van der Waals surface area (Å²) in [4.78, 5) is 26.1. The van der Waals surface area contributed by atoms with Crippen LogP contribution < -0.4 is 15.0 Å². The third kappa shape index (κ3) is 8.62. The van der Waals surface area contributed by atoms with Gasteiger partial charge in [-0.3, -0.25) is 14.1 Å². The summed E-state index contributed by atoms with van der Waals surface area (Å²) >= 11 is -2.32. The van der Waals surface area contributed by atoms with Gasteiger partial charge in [0.25, 0.3) is 5.91 Å². The summed E-state index contributed by atoms with van der Waals surface area (Å²) in [6.45, 7) is 3.98. The van der Waals surface area contributed by atoms with E-state index >= 15 is 0 Å². The number of ether oxygens (including phenoxy) is 1. The Morgan fingerprint density at radius 2 is 1.65 bits per heavy atom. The van der Waals surface area contributed by atoms with E-state index in [1.54, 1.807) is 42.3 Å². The average Bonchev–Trinajstić information content (AvgIpc) is 2.99. The second-order valence-corrected chi connectivity index (χ2v) is 10.8. The van der Waals surface area contributed by atoms with Crippen LogP contribution in [0, 0.1) is 17.7 Å². The van der Waals surface area contributed by atoms with Gasteiger partial charge in [-0.25, -0.2) is 13.6 Å². The fraction of sp³-hybridized carbons (Fsp3) is 0.290. The highest BCUT2D eigenvalue weighted by molar-refractivity contribution is 7.76. The van der Waals surface area contributed by atoms with Crippen LogP contribution in [0.4, 0.5) is 10.1 Å². The fourth-order valence-electron chi connectivity index (χ4n) is 4.76. The van der Waals surface area contributed by atoms with Gasteiger partial charge in [-0.2, -0.15) is 0 Å². The number of rotatable bonds is 10. The van der Waals surface area contributed by atoms with Gasteiger partial charge in [-0.05, 0) is 67.1 Å². The number of anilines is 1. The summed E-state index contributed by atoms with van der Waals surface area (Å²) in [6.07, 6.45) is -0.239. The van der Waals surface area contributed by atoms with Gasteiger partial charge < -0.3 is 20.1 Å². The molecule has 3 aromatic carbocycles. The largest absolute Gasteiger partial charge is 0.496 e. The lowest BCUT2D eigenvalue weighted by molar-refractivity contribution is -0.139. The summed E-state index contributed by atoms with van der Waals surface area (Å²) in [7, 11) is 1.49. The molecule has 10 nitrogen and oxygen atoms in total. The molecule has 0 aliphatic carbocycles. The van der Waals surface area contributed by atoms with Crippen LogP contribution in [0.2, 0.25) is 0 Å². The molecular weight excluding hydrogens is 575 g/mol. The number of methoxy groups -OCH3 is 1. The maximum absolute atomic E-state index is 13.2. The molecule has 0 radical (unpaired) electrons. The zero-order valence-corrected chi connectivity index (χ0v) is 24.6. The van der Waals surface area contributed by atoms with Gasteiger partial charge in [-0.15, -0.1) is 4.41 Å². The molecule has 12 heteroatoms. The number of nitrogens with zero attached hydrogens (tertiary/aromatic N) is 3. The average molecular weight is 609 g/mol. The Kier molecular flexibility index (Phi) is 10.9. The number of hydrogen-bond donors (Lipinski definition) is 3. The van der Waals surface area contributed by atoms with E-state index in [2.05, 4.69) is 22.1 Å². The van der Waals surface area contributed by atoms with Crippen LogP contribution in [-0.2, 0) is 22.6 Å². The molecule has 1 fully saturated rings. The van der Waals surface area contributed by atoms with Crippen molar-refractivity contribution in [3.8, 4) is 17.6 Å². The van der Waals surface area contributed by atoms with Crippen LogP contribution in [0.25, 0.3) is 0 Å². The molecule has 4 rings (SSSR count). The van der Waals surface area contributed by atoms with Crippen LogP contribution in [0.1, 0.15) is 40.4 Å². The van der Waals surface area contributed by atoms with E-state index in [1.807, 2.05) is 24.3 Å². The number of carboxylic acids is 1. The second-order valence-electron chi connectivity index (χ2n) is 9.94. The number of aliphatic carboxylic acids is 1. The first-order valence-electron chi connectivity index (χ1n) is 13.6. The molecule has 43 heavy (non-hydrogen) atoms. The Balaban J connectivity index is 1.38. The van der Waals surface area contributed by atoms with Gasteiger partial charge >= 0.3 is 5.97 Å². The van der Waals surface area contributed by atoms with Crippen molar-refractivity contribution in [1.29, 1.82) is 0 Å². The topological polar surface area (TPSA) is 123 Å². The predicted molar refractivity (Wildman–Crippen MR) is 161 cm³/mol. The van der Waals surface area contributed by atoms with Crippen LogP contribution >= 0.6 is 0 Å². The number of hydrazine groups is 1. The Bertz CT molecular complexity index is 1520. The molecular formula is C31H33FN4O6S. The van der Waals surface area contributed by atoms with E-state index in [9.17, 15) is 22.7 Å². The van der Waals surface area contributed by atoms with Crippen molar-refractivity contribution in [2.45, 2.75) is 25.9 Å². The molecule has 3 N–H and O–H groups in total. The molecule has 226 valence electrons. The number of halogens is 1. The first kappa shape index (κ1) is 31.7. The summed E-state index contributed by atoms with van der Waals surface area (Å²) in [5.41, 5.74) is 3.50. The van der Waals surface area contributed by atoms with Gasteiger partial charge in [0.2, 0.25) is 11.3 Å². The summed E-state index contributed by atoms with van der Waals surface area (Å²) in [6, 6.07) is 18.1. The quantitative estimate of drug-likeness (QED) is 0.236. The fourth-order valence-corrected chi connectivity index (χ4v) is 5.50. The molecule has 2 unspecified atom stereocenters. The van der Waals surface area contributed by atoms with Crippen LogP contribution in [-0.4, -0.2) is 74.5 Å². The number of piperazine rings is 1. The van der Waals surface area contributed by atoms with Crippen molar-refractivity contribution >= 4 is 28.8 Å². The Labute approximate surface area is 252 Å². The minimum Gasteiger partial charge on any atom is -0.496 e. The van der Waals surface area contributed by atoms with Crippen LogP contribution in [0.3, 0.4) is 0 Å². The lowest BCUT2D eigenvalue weighted by Gasteiger charge is -2.41. The minimum absolute atomic E-state index is 0.239. The molecule has 1 saturated heterocycles. The van der Waals surface area contributed by atoms with Gasteiger partial charge in [-0.1, -0.05) is 24.0 Å². The smallest absolute Gasteiger partial charge is 0.305 e. The van der Waals surface area contributed by atoms with Gasteiger partial charge in [0.15, 0.2) is 0 Å². The maximum Gasteiger partial charge on any atom is 0.305 e. The molecule has 2 atom stereocenters. The lowest BCUT2D eigenvalue weighted by atomic mass is 10.1. The van der Waals surface area contributed by atoms with E-state index in [1.165, 1.54) is 23.7 Å². The number of carbonyl (C=O) groups is 2. The monoisotopic (exact) mass is 608 g/mol. The van der Waals surface area contributed by atoms with E-state index in [0.29, 0.717) is 43.1 Å². The Hall–Kier alpha value is -4.28. The predicted octanol–water partition coefficient (Wildman–Crippen LogP) is 3.50. The third-order valence-electron chi connectivity index (χ3n) is 6.94. The van der Waals surface area contributed by atoms with Crippen LogP contribution in [0.5, 0.6) is 5.75 Å². The molecule has 3 aromatic rings. The summed E-state index contributed by atoms with van der Waals surface area (Å²) < 4.78 is 41.4. The molecule has 0 spiro atoms. The van der Waals surface area contributed by atoms with E-state index in [0.717, 1.165) is 16.8 Å². The van der Waals surface area contributed by atoms with Crippen molar-refractivity contribution in [2.24, 2.45) is 0 Å². The Morgan fingerprint density at radius 1 is 1.02 bits per heavy atom. The van der Waals surface area contributed by atoms with Crippen molar-refractivity contribution < 1.29 is 32.6 Å². The SMILES string of the molecule is COc1ccc(C#Cc2ccc(N3CCN(N(C(C)CC(=O)O)S(=O)O)CC3)cc2)cc1C(=O)NCc1ccc(F)cc1. The molecule has 1 aliphatic rings. The highest BCUT2D eigenvalue weighted by Gasteiger charge is 2.30. The van der Waals surface area contributed by atoms with Crippen molar-refractivity contribution in [3.05, 3.63) is 94.8 Å². The molecule has 0 bridgehead atoms. The van der Waals surface area contributed by atoms with Gasteiger partial charge in [0.05, 0.1) is 19.1 Å². The summed E-state index contributed by atoms with van der Waals surface area (Å²) in [5.74, 6) is 4.92. The highest BCUT2D eigenvalue weighted by Crippen LogP contribution is 2.22. The molecule has 0 saturated carbocycles. The van der Waals surface area contributed by atoms with E-state index in [-0.39, 0.29) is 24.7 Å². The number of nitrogens with one attached hydrogen (secondary N) is 1. The standard InChI is InChI=1S/C31H33FN4O6S/c1-22(19-30(37)38)36(43(40)41)35-17-15-34(16-18-35)27-12-7-23(8-13-27)3-4-24-9-14-29(42-2)28(20-24)31(39)33-21-25-5-10-26(32)11-6-25/h5-14,20,22H,15-19,21H2,1-2H3,(H,33,39)(H,37,38)(H,40,41). The molecule has 0 aromatic heterocycles. The maximum atomic E-state index is 13.2. The summed E-state index contributed by atoms with van der Waals surface area (Å²) in [5, 5.41) is 13.6. The van der Waals surface area contributed by atoms with Crippen molar-refractivity contribution in [2.75, 3.05) is 38.2 Å². The van der Waals surface area contributed by atoms with Gasteiger partial charge in [0, 0.05) is 55.6 Å².